The quantitative estimate of drug-likeness (QED) is 0.568. The van der Waals surface area contributed by atoms with Crippen molar-refractivity contribution in [2.24, 2.45) is 0 Å². The third kappa shape index (κ3) is 5.02. The van der Waals surface area contributed by atoms with Crippen LogP contribution in [-0.2, 0) is 6.54 Å². The van der Waals surface area contributed by atoms with Crippen molar-refractivity contribution in [3.05, 3.63) is 53.1 Å². The minimum atomic E-state index is -0.262. The lowest BCUT2D eigenvalue weighted by Gasteiger charge is -2.12. The fraction of sp³-hybridized carbons (Fsp3) is 0.391. The second-order valence-corrected chi connectivity index (χ2v) is 8.17. The fourth-order valence-electron chi connectivity index (χ4n) is 4.01. The lowest BCUT2D eigenvalue weighted by Crippen LogP contribution is -2.32. The number of hydrogen-bond acceptors (Lipinski definition) is 4. The number of benzene rings is 2. The van der Waals surface area contributed by atoms with Crippen molar-refractivity contribution in [3.63, 3.8) is 0 Å². The largest absolute Gasteiger partial charge is 0.349 e. The smallest absolute Gasteiger partial charge is 0.319 e. The number of urea groups is 1. The second kappa shape index (κ2) is 9.16. The van der Waals surface area contributed by atoms with Gasteiger partial charge < -0.3 is 16.0 Å². The van der Waals surface area contributed by atoms with Gasteiger partial charge in [0.1, 0.15) is 5.52 Å². The summed E-state index contributed by atoms with van der Waals surface area (Å²) < 4.78 is 1.73. The third-order valence-corrected chi connectivity index (χ3v) is 5.71. The average molecular weight is 421 g/mol. The Morgan fingerprint density at radius 2 is 1.90 bits per heavy atom. The topological polar surface area (TPSA) is 101 Å². The number of fused-ring (bicyclic) bond motifs is 1. The summed E-state index contributed by atoms with van der Waals surface area (Å²) in [5.41, 5.74) is 5.05. The zero-order valence-electron chi connectivity index (χ0n) is 17.9. The molecule has 0 atom stereocenters. The van der Waals surface area contributed by atoms with Gasteiger partial charge in [-0.05, 0) is 56.5 Å². The van der Waals surface area contributed by atoms with E-state index in [-0.39, 0.29) is 18.0 Å². The molecule has 0 unspecified atom stereocenters. The van der Waals surface area contributed by atoms with Crippen molar-refractivity contribution in [3.8, 4) is 0 Å². The van der Waals surface area contributed by atoms with E-state index in [0.717, 1.165) is 35.2 Å². The number of amides is 3. The highest BCUT2D eigenvalue weighted by Crippen LogP contribution is 2.19. The zero-order chi connectivity index (χ0) is 21.8. The van der Waals surface area contributed by atoms with Crippen LogP contribution < -0.4 is 16.0 Å². The molecule has 0 spiro atoms. The Morgan fingerprint density at radius 3 is 2.68 bits per heavy atom. The van der Waals surface area contributed by atoms with Gasteiger partial charge in [0.2, 0.25) is 0 Å². The number of aromatic nitrogens is 3. The predicted molar refractivity (Wildman–Crippen MR) is 120 cm³/mol. The lowest BCUT2D eigenvalue weighted by molar-refractivity contribution is 0.0938. The summed E-state index contributed by atoms with van der Waals surface area (Å²) in [7, 11) is 0. The molecular formula is C23H28N6O2. The van der Waals surface area contributed by atoms with Crippen molar-refractivity contribution >= 4 is 28.7 Å². The van der Waals surface area contributed by atoms with E-state index < -0.39 is 0 Å². The Kier molecular flexibility index (Phi) is 6.16. The molecule has 1 saturated carbocycles. The van der Waals surface area contributed by atoms with Crippen LogP contribution in [-0.4, -0.2) is 39.5 Å². The molecule has 1 aromatic heterocycles. The van der Waals surface area contributed by atoms with Crippen LogP contribution in [0, 0.1) is 13.8 Å². The van der Waals surface area contributed by atoms with Crippen LogP contribution in [0.25, 0.3) is 11.0 Å². The third-order valence-electron chi connectivity index (χ3n) is 5.71. The maximum atomic E-state index is 12.5. The SMILES string of the molecule is Cc1ccc(NC(=O)NCCn2nnc3cc(C(=O)NC4CCCC4)ccc32)c(C)c1. The van der Waals surface area contributed by atoms with Gasteiger partial charge in [0, 0.05) is 23.8 Å². The number of nitrogens with zero attached hydrogens (tertiary/aromatic N) is 3. The first-order valence-corrected chi connectivity index (χ1v) is 10.8. The molecule has 31 heavy (non-hydrogen) atoms. The molecule has 1 aliphatic rings. The summed E-state index contributed by atoms with van der Waals surface area (Å²) in [5.74, 6) is -0.0620. The van der Waals surface area contributed by atoms with Crippen LogP contribution >= 0.6 is 0 Å². The molecule has 4 rings (SSSR count). The van der Waals surface area contributed by atoms with E-state index in [2.05, 4.69) is 26.3 Å². The van der Waals surface area contributed by atoms with Crippen LogP contribution in [0.1, 0.15) is 47.2 Å². The number of anilines is 1. The Hall–Kier alpha value is -3.42. The molecule has 3 N–H and O–H groups in total. The summed E-state index contributed by atoms with van der Waals surface area (Å²) in [6, 6.07) is 11.3. The number of carbonyl (C=O) groups excluding carboxylic acids is 2. The normalized spacial score (nSPS) is 14.0. The van der Waals surface area contributed by atoms with Gasteiger partial charge in [0.15, 0.2) is 0 Å². The molecule has 3 aromatic rings. The maximum absolute atomic E-state index is 12.5. The van der Waals surface area contributed by atoms with E-state index in [1.807, 2.05) is 38.1 Å². The van der Waals surface area contributed by atoms with Crippen LogP contribution in [0.3, 0.4) is 0 Å². The summed E-state index contributed by atoms with van der Waals surface area (Å²) in [5, 5.41) is 17.1. The van der Waals surface area contributed by atoms with Gasteiger partial charge in [-0.1, -0.05) is 35.8 Å². The van der Waals surface area contributed by atoms with Crippen LogP contribution in [0.15, 0.2) is 36.4 Å². The van der Waals surface area contributed by atoms with Gasteiger partial charge >= 0.3 is 6.03 Å². The minimum absolute atomic E-state index is 0.0620. The van der Waals surface area contributed by atoms with E-state index in [9.17, 15) is 9.59 Å². The highest BCUT2D eigenvalue weighted by Gasteiger charge is 2.18. The fourth-order valence-corrected chi connectivity index (χ4v) is 4.01. The van der Waals surface area contributed by atoms with E-state index >= 15 is 0 Å². The van der Waals surface area contributed by atoms with Gasteiger partial charge in [0.25, 0.3) is 5.91 Å². The summed E-state index contributed by atoms with van der Waals surface area (Å²) in [6.45, 7) is 4.86. The molecule has 0 saturated heterocycles. The van der Waals surface area contributed by atoms with Gasteiger partial charge in [-0.3, -0.25) is 4.79 Å². The molecule has 162 valence electrons. The molecule has 2 aromatic carbocycles. The Labute approximate surface area is 181 Å². The number of aryl methyl sites for hydroxylation is 2. The summed E-state index contributed by atoms with van der Waals surface area (Å²) in [6.07, 6.45) is 4.45. The molecule has 0 radical (unpaired) electrons. The Bertz CT molecular complexity index is 1100. The molecule has 1 heterocycles. The summed E-state index contributed by atoms with van der Waals surface area (Å²) in [4.78, 5) is 24.7. The lowest BCUT2D eigenvalue weighted by atomic mass is 10.1. The molecule has 1 fully saturated rings. The van der Waals surface area contributed by atoms with Gasteiger partial charge in [-0.15, -0.1) is 5.10 Å². The van der Waals surface area contributed by atoms with Gasteiger partial charge in [-0.2, -0.15) is 0 Å². The highest BCUT2D eigenvalue weighted by molar-refractivity contribution is 5.97. The van der Waals surface area contributed by atoms with Gasteiger partial charge in [0.05, 0.1) is 12.1 Å². The Morgan fingerprint density at radius 1 is 1.10 bits per heavy atom. The first-order chi connectivity index (χ1) is 15.0. The first kappa shape index (κ1) is 20.8. The van der Waals surface area contributed by atoms with Crippen LogP contribution in [0.5, 0.6) is 0 Å². The zero-order valence-corrected chi connectivity index (χ0v) is 17.9. The first-order valence-electron chi connectivity index (χ1n) is 10.8. The Balaban J connectivity index is 1.32. The van der Waals surface area contributed by atoms with E-state index in [0.29, 0.717) is 24.2 Å². The van der Waals surface area contributed by atoms with E-state index in [1.54, 1.807) is 16.8 Å². The van der Waals surface area contributed by atoms with Crippen molar-refractivity contribution in [2.45, 2.75) is 52.1 Å². The number of hydrogen-bond donors (Lipinski definition) is 3. The van der Waals surface area contributed by atoms with Crippen LogP contribution in [0.4, 0.5) is 10.5 Å². The molecule has 8 nitrogen and oxygen atoms in total. The molecule has 3 amide bonds. The molecule has 0 bridgehead atoms. The molecule has 8 heteroatoms. The van der Waals surface area contributed by atoms with Crippen molar-refractivity contribution in [1.29, 1.82) is 0 Å². The predicted octanol–water partition coefficient (Wildman–Crippen LogP) is 3.54. The number of nitrogens with one attached hydrogen (secondary N) is 3. The standard InChI is InChI=1S/C23H28N6O2/c1-15-7-9-19(16(2)13-15)26-23(31)24-11-12-29-21-10-8-17(14-20(21)27-28-29)22(30)25-18-5-3-4-6-18/h7-10,13-14,18H,3-6,11-12H2,1-2H3,(H,25,30)(H2,24,26,31). The molecule has 0 aliphatic heterocycles. The number of carbonyl (C=O) groups is 2. The van der Waals surface area contributed by atoms with Gasteiger partial charge in [-0.25, -0.2) is 9.48 Å². The monoisotopic (exact) mass is 420 g/mol. The van der Waals surface area contributed by atoms with Crippen molar-refractivity contribution in [2.75, 3.05) is 11.9 Å². The van der Waals surface area contributed by atoms with Crippen LogP contribution in [0.2, 0.25) is 0 Å². The number of rotatable bonds is 6. The molecular weight excluding hydrogens is 392 g/mol. The van der Waals surface area contributed by atoms with E-state index in [1.165, 1.54) is 12.8 Å². The second-order valence-electron chi connectivity index (χ2n) is 8.17. The van der Waals surface area contributed by atoms with Crippen molar-refractivity contribution < 1.29 is 9.59 Å². The van der Waals surface area contributed by atoms with Crippen molar-refractivity contribution in [1.82, 2.24) is 25.6 Å². The maximum Gasteiger partial charge on any atom is 0.319 e. The minimum Gasteiger partial charge on any atom is -0.349 e. The molecule has 1 aliphatic carbocycles. The average Bonchev–Trinajstić information content (AvgIpc) is 3.40. The van der Waals surface area contributed by atoms with E-state index in [4.69, 9.17) is 0 Å². The highest BCUT2D eigenvalue weighted by atomic mass is 16.2. The summed E-state index contributed by atoms with van der Waals surface area (Å²) >= 11 is 0.